The highest BCUT2D eigenvalue weighted by Gasteiger charge is 2.46. The Hall–Kier alpha value is -2.13. The highest BCUT2D eigenvalue weighted by Crippen LogP contribution is 2.48. The number of benzene rings is 2. The quantitative estimate of drug-likeness (QED) is 0.691. The fourth-order valence-corrected chi connectivity index (χ4v) is 4.42. The zero-order valence-corrected chi connectivity index (χ0v) is 14.3. The summed E-state index contributed by atoms with van der Waals surface area (Å²) in [5.41, 5.74) is 2.64. The molecular weight excluding hydrogens is 324 g/mol. The molecule has 2 aromatic rings. The predicted octanol–water partition coefficient (Wildman–Crippen LogP) is 4.94. The zero-order valence-electron chi connectivity index (χ0n) is 13.5. The summed E-state index contributed by atoms with van der Waals surface area (Å²) in [6, 6.07) is 7.06. The maximum absolute atomic E-state index is 13.1. The molecule has 0 fully saturated rings. The van der Waals surface area contributed by atoms with Crippen LogP contribution >= 0.6 is 11.6 Å². The lowest BCUT2D eigenvalue weighted by molar-refractivity contribution is 0.0719. The number of phenolic OH excluding ortho intramolecular Hbond substituents is 1. The topological polar surface area (TPSA) is 54.4 Å². The van der Waals surface area contributed by atoms with Gasteiger partial charge in [0.2, 0.25) is 0 Å². The van der Waals surface area contributed by atoms with Crippen LogP contribution in [0.25, 0.3) is 10.8 Å². The average molecular weight is 341 g/mol. The Kier molecular flexibility index (Phi) is 3.33. The van der Waals surface area contributed by atoms with E-state index in [-0.39, 0.29) is 39.4 Å². The Labute approximate surface area is 144 Å². The van der Waals surface area contributed by atoms with Crippen LogP contribution in [0.1, 0.15) is 47.4 Å². The van der Waals surface area contributed by atoms with Gasteiger partial charge in [0.15, 0.2) is 11.6 Å². The van der Waals surface area contributed by atoms with Gasteiger partial charge in [0.05, 0.1) is 16.1 Å². The molecule has 2 aromatic carbocycles. The van der Waals surface area contributed by atoms with E-state index in [0.717, 1.165) is 5.57 Å². The molecule has 24 heavy (non-hydrogen) atoms. The Morgan fingerprint density at radius 3 is 2.00 bits per heavy atom. The van der Waals surface area contributed by atoms with Crippen LogP contribution in [0, 0.1) is 11.8 Å². The number of rotatable bonds is 0. The highest BCUT2D eigenvalue weighted by molar-refractivity contribution is 6.41. The van der Waals surface area contributed by atoms with Crippen molar-refractivity contribution in [1.29, 1.82) is 0 Å². The highest BCUT2D eigenvalue weighted by atomic mass is 35.5. The van der Waals surface area contributed by atoms with Crippen molar-refractivity contribution in [3.05, 3.63) is 51.6 Å². The van der Waals surface area contributed by atoms with E-state index < -0.39 is 5.92 Å². The summed E-state index contributed by atoms with van der Waals surface area (Å²) in [4.78, 5) is 26.2. The number of hydrogen-bond donors (Lipinski definition) is 1. The van der Waals surface area contributed by atoms with Crippen LogP contribution < -0.4 is 0 Å². The molecule has 122 valence electrons. The predicted molar refractivity (Wildman–Crippen MR) is 93.9 cm³/mol. The number of aromatic hydroxyl groups is 1. The Balaban J connectivity index is 2.03. The number of carbonyl (C=O) groups excluding carboxylic acids is 2. The van der Waals surface area contributed by atoms with Crippen molar-refractivity contribution in [2.24, 2.45) is 11.8 Å². The number of fused-ring (bicyclic) bond motifs is 3. The van der Waals surface area contributed by atoms with Gasteiger partial charge in [0, 0.05) is 22.6 Å². The van der Waals surface area contributed by atoms with Gasteiger partial charge in [0.25, 0.3) is 0 Å². The molecule has 2 aliphatic carbocycles. The van der Waals surface area contributed by atoms with Gasteiger partial charge in [0.1, 0.15) is 5.75 Å². The van der Waals surface area contributed by atoms with E-state index in [4.69, 9.17) is 11.6 Å². The minimum Gasteiger partial charge on any atom is -0.507 e. The number of Topliss-reactive ketones (excluding diaryl/α,β-unsaturated/α-hetero) is 2. The van der Waals surface area contributed by atoms with Gasteiger partial charge in [-0.1, -0.05) is 47.0 Å². The summed E-state index contributed by atoms with van der Waals surface area (Å²) in [5, 5.41) is 12.1. The number of halogens is 1. The van der Waals surface area contributed by atoms with Crippen molar-refractivity contribution in [2.75, 3.05) is 0 Å². The van der Waals surface area contributed by atoms with Gasteiger partial charge in [-0.2, -0.15) is 0 Å². The molecule has 2 atom stereocenters. The van der Waals surface area contributed by atoms with Gasteiger partial charge in [-0.15, -0.1) is 0 Å². The molecule has 3 nitrogen and oxygen atoms in total. The van der Waals surface area contributed by atoms with E-state index in [1.807, 2.05) is 13.8 Å². The van der Waals surface area contributed by atoms with Crippen molar-refractivity contribution in [2.45, 2.75) is 26.7 Å². The maximum atomic E-state index is 13.1. The number of allylic oxidation sites excluding steroid dienone is 2. The monoisotopic (exact) mass is 340 g/mol. The molecule has 4 heteroatoms. The number of phenols is 1. The largest absolute Gasteiger partial charge is 0.507 e. The van der Waals surface area contributed by atoms with Gasteiger partial charge in [-0.3, -0.25) is 9.59 Å². The number of ketones is 2. The summed E-state index contributed by atoms with van der Waals surface area (Å²) < 4.78 is 0. The molecule has 0 spiro atoms. The van der Waals surface area contributed by atoms with E-state index in [2.05, 4.69) is 0 Å². The number of carbonyl (C=O) groups is 2. The molecular formula is C20H17ClO3. The molecule has 0 aromatic heterocycles. The van der Waals surface area contributed by atoms with Crippen LogP contribution in [0.4, 0.5) is 0 Å². The van der Waals surface area contributed by atoms with Crippen LogP contribution in [0.15, 0.2) is 35.4 Å². The first-order valence-electron chi connectivity index (χ1n) is 8.08. The van der Waals surface area contributed by atoms with Crippen molar-refractivity contribution < 1.29 is 14.7 Å². The van der Waals surface area contributed by atoms with E-state index in [1.54, 1.807) is 24.3 Å². The van der Waals surface area contributed by atoms with Gasteiger partial charge >= 0.3 is 0 Å². The lowest BCUT2D eigenvalue weighted by Gasteiger charge is -2.36. The summed E-state index contributed by atoms with van der Waals surface area (Å²) >= 11 is 6.49. The number of hydrogen-bond acceptors (Lipinski definition) is 3. The standard InChI is InChI=1S/C20H17ClO3/c1-9-7-13-14(8-10(9)2)20(24)16-15(19(13)23)17(21)11-5-3-4-6-12(11)18(16)22/h3-6,13-14,22H,7-8H2,1-2H3/t13-,14+/m1/s1. The molecule has 2 aliphatic rings. The fraction of sp³-hybridized carbons (Fsp3) is 0.300. The van der Waals surface area contributed by atoms with Crippen molar-refractivity contribution >= 4 is 33.9 Å². The lowest BCUT2D eigenvalue weighted by atomic mass is 9.65. The summed E-state index contributed by atoms with van der Waals surface area (Å²) in [6.07, 6.45) is 1.16. The first-order valence-corrected chi connectivity index (χ1v) is 8.46. The van der Waals surface area contributed by atoms with E-state index in [9.17, 15) is 14.7 Å². The van der Waals surface area contributed by atoms with Crippen LogP contribution in [-0.4, -0.2) is 16.7 Å². The lowest BCUT2D eigenvalue weighted by Crippen LogP contribution is -2.39. The molecule has 0 radical (unpaired) electrons. The van der Waals surface area contributed by atoms with E-state index in [0.29, 0.717) is 23.6 Å². The minimum atomic E-state index is -0.392. The summed E-state index contributed by atoms with van der Waals surface area (Å²) in [6.45, 7) is 4.02. The second-order valence-corrected chi connectivity index (χ2v) is 7.25. The SMILES string of the molecule is CC1=C(C)C[C@H]2C(=O)c3c(c(O)c4ccccc4c3Cl)C(=O)[C@H]2C1. The Morgan fingerprint density at radius 1 is 0.917 bits per heavy atom. The van der Waals surface area contributed by atoms with Gasteiger partial charge in [-0.25, -0.2) is 0 Å². The molecule has 0 unspecified atom stereocenters. The smallest absolute Gasteiger partial charge is 0.171 e. The molecule has 0 bridgehead atoms. The minimum absolute atomic E-state index is 0.109. The van der Waals surface area contributed by atoms with Crippen LogP contribution in [0.3, 0.4) is 0 Å². The molecule has 1 N–H and O–H groups in total. The zero-order chi connectivity index (χ0) is 17.2. The van der Waals surface area contributed by atoms with Crippen molar-refractivity contribution in [1.82, 2.24) is 0 Å². The normalized spacial score (nSPS) is 23.5. The van der Waals surface area contributed by atoms with E-state index >= 15 is 0 Å². The molecule has 0 heterocycles. The van der Waals surface area contributed by atoms with Gasteiger partial charge < -0.3 is 5.11 Å². The second-order valence-electron chi connectivity index (χ2n) is 6.87. The summed E-state index contributed by atoms with van der Waals surface area (Å²) in [7, 11) is 0. The third-order valence-corrected chi connectivity index (χ3v) is 5.95. The Bertz CT molecular complexity index is 879. The van der Waals surface area contributed by atoms with Crippen molar-refractivity contribution in [3.8, 4) is 5.75 Å². The molecule has 0 aliphatic heterocycles. The third kappa shape index (κ3) is 1.91. The molecule has 4 rings (SSSR count). The van der Waals surface area contributed by atoms with Crippen molar-refractivity contribution in [3.63, 3.8) is 0 Å². The second kappa shape index (κ2) is 5.18. The molecule has 0 saturated heterocycles. The maximum Gasteiger partial charge on any atom is 0.171 e. The third-order valence-electron chi connectivity index (χ3n) is 5.56. The molecule has 0 saturated carbocycles. The average Bonchev–Trinajstić information content (AvgIpc) is 2.57. The first kappa shape index (κ1) is 15.4. The van der Waals surface area contributed by atoms with Crippen LogP contribution in [-0.2, 0) is 0 Å². The Morgan fingerprint density at radius 2 is 1.42 bits per heavy atom. The first-order chi connectivity index (χ1) is 11.4. The van der Waals surface area contributed by atoms with Crippen LogP contribution in [0.5, 0.6) is 5.75 Å². The summed E-state index contributed by atoms with van der Waals surface area (Å²) in [5.74, 6) is -1.16. The molecule has 0 amide bonds. The fourth-order valence-electron chi connectivity index (χ4n) is 4.06. The van der Waals surface area contributed by atoms with E-state index in [1.165, 1.54) is 5.57 Å². The van der Waals surface area contributed by atoms with Crippen LogP contribution in [0.2, 0.25) is 5.02 Å². The van der Waals surface area contributed by atoms with Gasteiger partial charge in [-0.05, 0) is 26.7 Å².